The molecule has 1 aliphatic heterocycles. The van der Waals surface area contributed by atoms with Crippen LogP contribution in [-0.2, 0) is 9.53 Å². The molecule has 0 aromatic carbocycles. The first-order chi connectivity index (χ1) is 7.27. The lowest BCUT2D eigenvalue weighted by atomic mass is 9.88. The van der Waals surface area contributed by atoms with Crippen LogP contribution in [0.3, 0.4) is 0 Å². The normalized spacial score (nSPS) is 36.5. The van der Waals surface area contributed by atoms with Crippen molar-refractivity contribution in [2.24, 2.45) is 5.92 Å². The van der Waals surface area contributed by atoms with E-state index in [1.165, 1.54) is 19.3 Å². The molecule has 0 bridgehead atoms. The van der Waals surface area contributed by atoms with Gasteiger partial charge >= 0.3 is 5.97 Å². The predicted molar refractivity (Wildman–Crippen MR) is 58.5 cm³/mol. The minimum atomic E-state index is -0.0286. The average molecular weight is 211 g/mol. The van der Waals surface area contributed by atoms with Gasteiger partial charge in [-0.2, -0.15) is 0 Å². The van der Waals surface area contributed by atoms with Crippen molar-refractivity contribution in [2.75, 3.05) is 6.54 Å². The minimum Gasteiger partial charge on any atom is -0.461 e. The van der Waals surface area contributed by atoms with E-state index in [4.69, 9.17) is 4.74 Å². The molecule has 0 amide bonds. The van der Waals surface area contributed by atoms with Gasteiger partial charge in [-0.1, -0.05) is 13.3 Å². The third-order valence-corrected chi connectivity index (χ3v) is 3.65. The van der Waals surface area contributed by atoms with E-state index in [2.05, 4.69) is 12.2 Å². The van der Waals surface area contributed by atoms with Gasteiger partial charge in [0.1, 0.15) is 12.1 Å². The van der Waals surface area contributed by atoms with Crippen molar-refractivity contribution in [3.05, 3.63) is 0 Å². The third-order valence-electron chi connectivity index (χ3n) is 3.65. The van der Waals surface area contributed by atoms with Crippen LogP contribution in [0.4, 0.5) is 0 Å². The van der Waals surface area contributed by atoms with Gasteiger partial charge in [-0.3, -0.25) is 4.79 Å². The van der Waals surface area contributed by atoms with Crippen LogP contribution in [-0.4, -0.2) is 24.7 Å². The third kappa shape index (κ3) is 2.71. The summed E-state index contributed by atoms with van der Waals surface area (Å²) in [5.74, 6) is 0.523. The summed E-state index contributed by atoms with van der Waals surface area (Å²) in [7, 11) is 0. The van der Waals surface area contributed by atoms with Crippen molar-refractivity contribution < 1.29 is 9.53 Å². The number of carbonyl (C=O) groups is 1. The van der Waals surface area contributed by atoms with E-state index >= 15 is 0 Å². The number of esters is 1. The fourth-order valence-corrected chi connectivity index (χ4v) is 2.57. The maximum atomic E-state index is 11.8. The summed E-state index contributed by atoms with van der Waals surface area (Å²) < 4.78 is 5.59. The van der Waals surface area contributed by atoms with Crippen LogP contribution >= 0.6 is 0 Å². The Morgan fingerprint density at radius 3 is 2.67 bits per heavy atom. The lowest BCUT2D eigenvalue weighted by Crippen LogP contribution is -2.37. The molecule has 86 valence electrons. The van der Waals surface area contributed by atoms with Gasteiger partial charge in [-0.25, -0.2) is 0 Å². The molecule has 3 atom stereocenters. The molecule has 3 heteroatoms. The van der Waals surface area contributed by atoms with Gasteiger partial charge in [0.25, 0.3) is 0 Å². The van der Waals surface area contributed by atoms with Crippen LogP contribution in [0.1, 0.15) is 45.4 Å². The fourth-order valence-electron chi connectivity index (χ4n) is 2.57. The highest BCUT2D eigenvalue weighted by Crippen LogP contribution is 2.26. The Bertz CT molecular complexity index is 224. The maximum absolute atomic E-state index is 11.8. The molecule has 2 fully saturated rings. The Balaban J connectivity index is 1.81. The van der Waals surface area contributed by atoms with Gasteiger partial charge in [0.2, 0.25) is 0 Å². The van der Waals surface area contributed by atoms with Gasteiger partial charge in [-0.15, -0.1) is 0 Å². The van der Waals surface area contributed by atoms with Crippen LogP contribution in [0.25, 0.3) is 0 Å². The summed E-state index contributed by atoms with van der Waals surface area (Å²) in [6, 6.07) is -0.0286. The van der Waals surface area contributed by atoms with Crippen molar-refractivity contribution in [3.63, 3.8) is 0 Å². The van der Waals surface area contributed by atoms with E-state index < -0.39 is 0 Å². The highest BCUT2D eigenvalue weighted by atomic mass is 16.5. The van der Waals surface area contributed by atoms with E-state index in [1.807, 2.05) is 0 Å². The molecule has 2 unspecified atom stereocenters. The summed E-state index contributed by atoms with van der Waals surface area (Å²) in [5.41, 5.74) is 0. The molecule has 15 heavy (non-hydrogen) atoms. The van der Waals surface area contributed by atoms with Crippen LogP contribution in [0.2, 0.25) is 0 Å². The topological polar surface area (TPSA) is 38.3 Å². The van der Waals surface area contributed by atoms with Gasteiger partial charge in [0.05, 0.1) is 0 Å². The first-order valence-corrected chi connectivity index (χ1v) is 6.21. The highest BCUT2D eigenvalue weighted by Gasteiger charge is 2.29. The molecule has 3 nitrogen and oxygen atoms in total. The second kappa shape index (κ2) is 4.97. The largest absolute Gasteiger partial charge is 0.461 e. The SMILES string of the molecule is CC1CCCCC1OC(=O)[C@H]1CCCN1. The summed E-state index contributed by atoms with van der Waals surface area (Å²) >= 11 is 0. The van der Waals surface area contributed by atoms with E-state index in [9.17, 15) is 4.79 Å². The molecule has 0 spiro atoms. The van der Waals surface area contributed by atoms with E-state index in [-0.39, 0.29) is 18.1 Å². The van der Waals surface area contributed by atoms with E-state index in [1.54, 1.807) is 0 Å². The Hall–Kier alpha value is -0.570. The van der Waals surface area contributed by atoms with Crippen molar-refractivity contribution in [1.29, 1.82) is 0 Å². The Labute approximate surface area is 91.6 Å². The smallest absolute Gasteiger partial charge is 0.323 e. The number of hydrogen-bond acceptors (Lipinski definition) is 3. The average Bonchev–Trinajstić information content (AvgIpc) is 2.74. The molecule has 1 saturated heterocycles. The van der Waals surface area contributed by atoms with Crippen molar-refractivity contribution in [2.45, 2.75) is 57.6 Å². The standard InChI is InChI=1S/C12H21NO2/c1-9-5-2-3-7-11(9)15-12(14)10-6-4-8-13-10/h9-11,13H,2-8H2,1H3/t9?,10-,11?/m1/s1. The van der Waals surface area contributed by atoms with Crippen LogP contribution in [0.5, 0.6) is 0 Å². The van der Waals surface area contributed by atoms with Crippen LogP contribution in [0, 0.1) is 5.92 Å². The first kappa shape index (κ1) is 10.9. The second-order valence-electron chi connectivity index (χ2n) is 4.89. The molecule has 1 N–H and O–H groups in total. The molecule has 0 aromatic rings. The van der Waals surface area contributed by atoms with Crippen molar-refractivity contribution in [1.82, 2.24) is 5.32 Å². The molecule has 0 radical (unpaired) electrons. The number of nitrogens with one attached hydrogen (secondary N) is 1. The summed E-state index contributed by atoms with van der Waals surface area (Å²) in [4.78, 5) is 11.8. The second-order valence-corrected chi connectivity index (χ2v) is 4.89. The summed E-state index contributed by atoms with van der Waals surface area (Å²) in [6.45, 7) is 3.15. The lowest BCUT2D eigenvalue weighted by Gasteiger charge is -2.29. The lowest BCUT2D eigenvalue weighted by molar-refractivity contribution is -0.155. The maximum Gasteiger partial charge on any atom is 0.323 e. The van der Waals surface area contributed by atoms with Crippen LogP contribution < -0.4 is 5.32 Å². The van der Waals surface area contributed by atoms with Gasteiger partial charge in [0.15, 0.2) is 0 Å². The van der Waals surface area contributed by atoms with Gasteiger partial charge in [0, 0.05) is 0 Å². The number of ether oxygens (including phenoxy) is 1. The summed E-state index contributed by atoms with van der Waals surface area (Å²) in [5, 5.41) is 3.19. The Kier molecular flexibility index (Phi) is 3.62. The van der Waals surface area contributed by atoms with Crippen molar-refractivity contribution in [3.8, 4) is 0 Å². The fraction of sp³-hybridized carbons (Fsp3) is 0.917. The molecule has 1 saturated carbocycles. The predicted octanol–water partition coefficient (Wildman–Crippen LogP) is 1.86. The highest BCUT2D eigenvalue weighted by molar-refractivity contribution is 5.76. The zero-order valence-electron chi connectivity index (χ0n) is 9.50. The molecular weight excluding hydrogens is 190 g/mol. The molecular formula is C12H21NO2. The van der Waals surface area contributed by atoms with E-state index in [0.717, 1.165) is 25.8 Å². The quantitative estimate of drug-likeness (QED) is 0.708. The monoisotopic (exact) mass is 211 g/mol. The summed E-state index contributed by atoms with van der Waals surface area (Å²) in [6.07, 6.45) is 6.97. The number of rotatable bonds is 2. The molecule has 1 aliphatic carbocycles. The Morgan fingerprint density at radius 1 is 1.20 bits per heavy atom. The molecule has 1 heterocycles. The number of carbonyl (C=O) groups excluding carboxylic acids is 1. The zero-order chi connectivity index (χ0) is 10.7. The molecule has 2 rings (SSSR count). The zero-order valence-corrected chi connectivity index (χ0v) is 9.50. The van der Waals surface area contributed by atoms with E-state index in [0.29, 0.717) is 5.92 Å². The first-order valence-electron chi connectivity index (χ1n) is 6.21. The van der Waals surface area contributed by atoms with Gasteiger partial charge in [-0.05, 0) is 44.6 Å². The molecule has 0 aromatic heterocycles. The number of hydrogen-bond donors (Lipinski definition) is 1. The van der Waals surface area contributed by atoms with Crippen LogP contribution in [0.15, 0.2) is 0 Å². The minimum absolute atomic E-state index is 0.0220. The van der Waals surface area contributed by atoms with Crippen molar-refractivity contribution >= 4 is 5.97 Å². The molecule has 2 aliphatic rings. The Morgan fingerprint density at radius 2 is 2.00 bits per heavy atom. The van der Waals surface area contributed by atoms with Gasteiger partial charge < -0.3 is 10.1 Å².